The summed E-state index contributed by atoms with van der Waals surface area (Å²) in [5.41, 5.74) is 13.4. The minimum Gasteiger partial charge on any atom is -0.291 e. The van der Waals surface area contributed by atoms with E-state index < -0.39 is 5.67 Å². The van der Waals surface area contributed by atoms with Crippen LogP contribution in [0.4, 0.5) is 4.39 Å². The second-order valence-corrected chi connectivity index (χ2v) is 12.9. The van der Waals surface area contributed by atoms with Crippen molar-refractivity contribution in [3.8, 4) is 22.4 Å². The Labute approximate surface area is 283 Å². The van der Waals surface area contributed by atoms with E-state index in [0.29, 0.717) is 19.3 Å². The molecule has 0 radical (unpaired) electrons. The van der Waals surface area contributed by atoms with Gasteiger partial charge in [-0.2, -0.15) is 0 Å². The van der Waals surface area contributed by atoms with Crippen LogP contribution in [-0.4, -0.2) is 9.38 Å². The predicted octanol–water partition coefficient (Wildman–Crippen LogP) is 13.5. The Kier molecular flexibility index (Phi) is 11.0. The van der Waals surface area contributed by atoms with E-state index in [1.807, 2.05) is 32.9 Å². The molecular weight excluding hydrogens is 575 g/mol. The summed E-state index contributed by atoms with van der Waals surface area (Å²) in [5.74, 6) is 0. The third-order valence-electron chi connectivity index (χ3n) is 9.75. The predicted molar refractivity (Wildman–Crippen MR) is 205 cm³/mol. The van der Waals surface area contributed by atoms with Gasteiger partial charge in [-0.3, -0.25) is 4.40 Å². The molecule has 1 atom stereocenters. The Hall–Kier alpha value is -3.98. The van der Waals surface area contributed by atoms with Gasteiger partial charge in [0.05, 0.1) is 16.9 Å². The van der Waals surface area contributed by atoms with Gasteiger partial charge in [0.2, 0.25) is 0 Å². The lowest BCUT2D eigenvalue weighted by atomic mass is 9.84. The number of pyridine rings is 1. The number of alkyl halides is 1. The number of aryl methyl sites for hydroxylation is 6. The van der Waals surface area contributed by atoms with Crippen LogP contribution in [0.2, 0.25) is 0 Å². The lowest BCUT2D eigenvalue weighted by molar-refractivity contribution is 0.146. The first-order valence-corrected chi connectivity index (χ1v) is 17.4. The first-order chi connectivity index (χ1) is 22.1. The van der Waals surface area contributed by atoms with Crippen LogP contribution >= 0.6 is 0 Å². The Balaban J connectivity index is 0.000000666. The number of hydrogen-bond donors (Lipinski definition) is 0. The second kappa shape index (κ2) is 14.4. The normalized spacial score (nSPS) is 15.1. The van der Waals surface area contributed by atoms with E-state index in [-0.39, 0.29) is 7.43 Å². The molecule has 3 heterocycles. The molecule has 2 nitrogen and oxygen atoms in total. The van der Waals surface area contributed by atoms with E-state index in [1.54, 1.807) is 0 Å². The summed E-state index contributed by atoms with van der Waals surface area (Å²) in [6, 6.07) is 24.0. The fourth-order valence-electron chi connectivity index (χ4n) is 7.43. The monoisotopic (exact) mass is 630 g/mol. The third kappa shape index (κ3) is 6.10. The van der Waals surface area contributed by atoms with E-state index in [0.717, 1.165) is 44.3 Å². The molecule has 0 spiro atoms. The van der Waals surface area contributed by atoms with Crippen molar-refractivity contribution in [2.75, 3.05) is 0 Å². The number of fused-ring (bicyclic) bond motifs is 4. The van der Waals surface area contributed by atoms with Gasteiger partial charge in [-0.25, -0.2) is 9.37 Å². The van der Waals surface area contributed by atoms with Crippen molar-refractivity contribution >= 4 is 27.3 Å². The van der Waals surface area contributed by atoms with Gasteiger partial charge in [0.1, 0.15) is 11.3 Å². The SMILES string of the molecule is C.CC.CCC1(F)CCc2nc3c4c1cccc4c1cc(-c4c(C)cccc4C)ccc1n3c2-c1c(C)cc(C)cc1C.CCCC. The van der Waals surface area contributed by atoms with Gasteiger partial charge in [-0.05, 0) is 105 Å². The van der Waals surface area contributed by atoms with Crippen LogP contribution in [0.3, 0.4) is 0 Å². The van der Waals surface area contributed by atoms with Gasteiger partial charge in [0.25, 0.3) is 0 Å². The van der Waals surface area contributed by atoms with Crippen LogP contribution in [0.25, 0.3) is 49.7 Å². The lowest BCUT2D eigenvalue weighted by Crippen LogP contribution is -2.21. The lowest BCUT2D eigenvalue weighted by Gasteiger charge is -2.27. The van der Waals surface area contributed by atoms with Crippen molar-refractivity contribution in [3.05, 3.63) is 106 Å². The molecule has 7 rings (SSSR count). The highest BCUT2D eigenvalue weighted by Crippen LogP contribution is 2.47. The number of benzene rings is 4. The molecule has 1 aliphatic heterocycles. The zero-order valence-electron chi connectivity index (χ0n) is 29.7. The average molecular weight is 631 g/mol. The molecule has 47 heavy (non-hydrogen) atoms. The van der Waals surface area contributed by atoms with Crippen molar-refractivity contribution < 1.29 is 4.39 Å². The van der Waals surface area contributed by atoms with Gasteiger partial charge < -0.3 is 0 Å². The molecule has 0 fully saturated rings. The molecule has 0 saturated heterocycles. The van der Waals surface area contributed by atoms with E-state index in [9.17, 15) is 0 Å². The summed E-state index contributed by atoms with van der Waals surface area (Å²) in [6.07, 6.45) is 4.11. The van der Waals surface area contributed by atoms with Crippen molar-refractivity contribution in [1.29, 1.82) is 0 Å². The van der Waals surface area contributed by atoms with Crippen molar-refractivity contribution in [1.82, 2.24) is 9.38 Å². The average Bonchev–Trinajstić information content (AvgIpc) is 3.43. The Bertz CT molecular complexity index is 2000. The zero-order valence-corrected chi connectivity index (χ0v) is 29.7. The van der Waals surface area contributed by atoms with Crippen LogP contribution < -0.4 is 0 Å². The number of hydrogen-bond acceptors (Lipinski definition) is 1. The van der Waals surface area contributed by atoms with Crippen molar-refractivity contribution in [2.24, 2.45) is 0 Å². The molecule has 3 heteroatoms. The van der Waals surface area contributed by atoms with Crippen LogP contribution in [0, 0.1) is 34.6 Å². The van der Waals surface area contributed by atoms with E-state index in [2.05, 4.69) is 107 Å². The van der Waals surface area contributed by atoms with Gasteiger partial charge in [-0.1, -0.05) is 115 Å². The van der Waals surface area contributed by atoms with E-state index >= 15 is 4.39 Å². The van der Waals surface area contributed by atoms with Crippen molar-refractivity contribution in [3.63, 3.8) is 0 Å². The number of aromatic nitrogens is 2. The molecular formula is C44H55FN2. The topological polar surface area (TPSA) is 17.3 Å². The standard InChI is InChI=1S/C37H35FN2.C4H10.C2H6.CH4/c1-7-37(38)17-16-30-35(33-24(5)18-21(2)19-25(33)6)40-31-15-14-26(32-22(3)10-8-11-23(32)4)20-28(31)27-12-9-13-29(37)34(27)36(40)39-30;1-3-4-2;1-2;/h8-15,18-20H,7,16-17H2,1-6H3;3-4H2,1-2H3;1-2H3;1H4. The summed E-state index contributed by atoms with van der Waals surface area (Å²) in [7, 11) is 0. The summed E-state index contributed by atoms with van der Waals surface area (Å²) in [4.78, 5) is 5.31. The molecule has 248 valence electrons. The maximum absolute atomic E-state index is 16.9. The van der Waals surface area contributed by atoms with Gasteiger partial charge in [0, 0.05) is 21.9 Å². The van der Waals surface area contributed by atoms with Crippen LogP contribution in [0.15, 0.2) is 66.7 Å². The summed E-state index contributed by atoms with van der Waals surface area (Å²) < 4.78 is 19.3. The molecule has 1 aliphatic rings. The molecule has 4 aromatic carbocycles. The number of rotatable bonds is 4. The van der Waals surface area contributed by atoms with Gasteiger partial charge in [-0.15, -0.1) is 0 Å². The maximum Gasteiger partial charge on any atom is 0.146 e. The molecule has 0 N–H and O–H groups in total. The van der Waals surface area contributed by atoms with Gasteiger partial charge >= 0.3 is 0 Å². The van der Waals surface area contributed by atoms with Crippen LogP contribution in [-0.2, 0) is 12.1 Å². The van der Waals surface area contributed by atoms with E-state index in [1.165, 1.54) is 57.3 Å². The molecule has 0 amide bonds. The first kappa shape index (κ1) is 35.9. The highest BCUT2D eigenvalue weighted by molar-refractivity contribution is 6.15. The highest BCUT2D eigenvalue weighted by atomic mass is 19.1. The minimum absolute atomic E-state index is 0. The Morgan fingerprint density at radius 1 is 0.745 bits per heavy atom. The van der Waals surface area contributed by atoms with Gasteiger partial charge in [0.15, 0.2) is 0 Å². The molecule has 2 aromatic heterocycles. The smallest absolute Gasteiger partial charge is 0.146 e. The Morgan fingerprint density at radius 2 is 1.36 bits per heavy atom. The summed E-state index contributed by atoms with van der Waals surface area (Å²) >= 11 is 0. The first-order valence-electron chi connectivity index (χ1n) is 17.4. The highest BCUT2D eigenvalue weighted by Gasteiger charge is 2.36. The van der Waals surface area contributed by atoms with E-state index in [4.69, 9.17) is 4.98 Å². The van der Waals surface area contributed by atoms with Crippen LogP contribution in [0.5, 0.6) is 0 Å². The van der Waals surface area contributed by atoms with Crippen LogP contribution in [0.1, 0.15) is 107 Å². The number of nitrogens with zero attached hydrogens (tertiary/aromatic N) is 2. The molecule has 6 aromatic rings. The largest absolute Gasteiger partial charge is 0.291 e. The quantitative estimate of drug-likeness (QED) is 0.177. The third-order valence-corrected chi connectivity index (χ3v) is 9.75. The molecule has 0 aliphatic carbocycles. The zero-order chi connectivity index (χ0) is 33.3. The molecule has 1 unspecified atom stereocenters. The van der Waals surface area contributed by atoms with Crippen molar-refractivity contribution in [2.45, 2.75) is 114 Å². The second-order valence-electron chi connectivity index (χ2n) is 12.9. The maximum atomic E-state index is 16.9. The number of unbranched alkanes of at least 4 members (excludes halogenated alkanes) is 1. The molecule has 2 bridgehead atoms. The number of imidazole rings is 1. The minimum atomic E-state index is -1.40. The summed E-state index contributed by atoms with van der Waals surface area (Å²) in [5, 5.41) is 3.16. The number of halogens is 1. The Morgan fingerprint density at radius 3 is 1.96 bits per heavy atom. The summed E-state index contributed by atoms with van der Waals surface area (Å²) in [6.45, 7) is 21.2. The molecule has 0 saturated carbocycles. The fraction of sp³-hybridized carbons (Fsp3) is 0.386. The fourth-order valence-corrected chi connectivity index (χ4v) is 7.43.